The molecular weight excluding hydrogens is 192 g/mol. The maximum absolute atomic E-state index is 11.7. The molecule has 1 unspecified atom stereocenters. The van der Waals surface area contributed by atoms with Gasteiger partial charge in [0.1, 0.15) is 0 Å². The predicted molar refractivity (Wildman–Crippen MR) is 59.0 cm³/mol. The summed E-state index contributed by atoms with van der Waals surface area (Å²) in [4.78, 5) is 11.7. The minimum atomic E-state index is -0.242. The molecule has 88 valence electrons. The van der Waals surface area contributed by atoms with Gasteiger partial charge < -0.3 is 5.11 Å². The second-order valence-electron chi connectivity index (χ2n) is 5.49. The van der Waals surface area contributed by atoms with Gasteiger partial charge in [-0.3, -0.25) is 9.80 Å². The van der Waals surface area contributed by atoms with Gasteiger partial charge in [0, 0.05) is 31.0 Å². The molecule has 2 N–H and O–H groups in total. The Morgan fingerprint density at radius 1 is 1.60 bits per heavy atom. The van der Waals surface area contributed by atoms with Crippen LogP contribution in [0.1, 0.15) is 34.1 Å². The number of nitrogens with one attached hydrogen (secondary N) is 1. The first-order chi connectivity index (χ1) is 6.85. The summed E-state index contributed by atoms with van der Waals surface area (Å²) in [5, 5.41) is 10.8. The number of hydrogen-bond acceptors (Lipinski definition) is 3. The molecule has 4 heteroatoms. The summed E-state index contributed by atoms with van der Waals surface area (Å²) in [5.74, 6) is 0.589. The van der Waals surface area contributed by atoms with E-state index in [0.717, 1.165) is 0 Å². The highest BCUT2D eigenvalue weighted by Gasteiger charge is 2.34. The minimum Gasteiger partial charge on any atom is -0.396 e. The van der Waals surface area contributed by atoms with Gasteiger partial charge >= 0.3 is 0 Å². The number of nitrogens with zero attached hydrogens (tertiary/aromatic N) is 1. The Hall–Kier alpha value is -0.610. The fourth-order valence-corrected chi connectivity index (χ4v) is 1.61. The first-order valence-electron chi connectivity index (χ1n) is 5.53. The van der Waals surface area contributed by atoms with Gasteiger partial charge in [0.05, 0.1) is 0 Å². The second kappa shape index (κ2) is 4.49. The van der Waals surface area contributed by atoms with Crippen LogP contribution < -0.4 is 5.43 Å². The van der Waals surface area contributed by atoms with Crippen LogP contribution in [0.25, 0.3) is 0 Å². The Balaban J connectivity index is 2.55. The van der Waals surface area contributed by atoms with E-state index < -0.39 is 0 Å². The average Bonchev–Trinajstić information content (AvgIpc) is 2.47. The van der Waals surface area contributed by atoms with Crippen molar-refractivity contribution in [3.05, 3.63) is 0 Å². The standard InChI is InChI=1S/C11H22N2O2/c1-8(2)9-5-10(15)13(12-9)6-11(3,4)7-14/h8-9,12,14H,5-7H2,1-4H3. The monoisotopic (exact) mass is 214 g/mol. The van der Waals surface area contributed by atoms with Crippen molar-refractivity contribution >= 4 is 5.91 Å². The third-order valence-corrected chi connectivity index (χ3v) is 2.84. The zero-order chi connectivity index (χ0) is 11.6. The SMILES string of the molecule is CC(C)C1CC(=O)N(CC(C)(C)CO)N1. The molecule has 1 heterocycles. The molecule has 0 aromatic rings. The first kappa shape index (κ1) is 12.5. The first-order valence-corrected chi connectivity index (χ1v) is 5.53. The van der Waals surface area contributed by atoms with E-state index in [1.165, 1.54) is 0 Å². The molecule has 15 heavy (non-hydrogen) atoms. The van der Waals surface area contributed by atoms with Gasteiger partial charge in [-0.1, -0.05) is 27.7 Å². The fourth-order valence-electron chi connectivity index (χ4n) is 1.61. The number of aliphatic hydroxyl groups is 1. The van der Waals surface area contributed by atoms with Crippen LogP contribution in [0.15, 0.2) is 0 Å². The molecule has 0 spiro atoms. The molecule has 1 saturated heterocycles. The quantitative estimate of drug-likeness (QED) is 0.726. The van der Waals surface area contributed by atoms with Gasteiger partial charge in [-0.15, -0.1) is 0 Å². The Labute approximate surface area is 91.6 Å². The summed E-state index contributed by atoms with van der Waals surface area (Å²) in [6.45, 7) is 8.75. The van der Waals surface area contributed by atoms with Crippen molar-refractivity contribution in [1.29, 1.82) is 0 Å². The van der Waals surface area contributed by atoms with Crippen LogP contribution in [-0.2, 0) is 4.79 Å². The minimum absolute atomic E-state index is 0.0881. The number of aliphatic hydroxyl groups excluding tert-OH is 1. The molecule has 4 nitrogen and oxygen atoms in total. The number of carbonyl (C=O) groups is 1. The predicted octanol–water partition coefficient (Wildman–Crippen LogP) is 0.766. The number of rotatable bonds is 4. The van der Waals surface area contributed by atoms with Crippen molar-refractivity contribution in [2.75, 3.05) is 13.2 Å². The molecule has 1 amide bonds. The van der Waals surface area contributed by atoms with Gasteiger partial charge in [0.15, 0.2) is 0 Å². The lowest BCUT2D eigenvalue weighted by Crippen LogP contribution is -2.45. The van der Waals surface area contributed by atoms with Crippen LogP contribution >= 0.6 is 0 Å². The number of hydrazine groups is 1. The van der Waals surface area contributed by atoms with Crippen LogP contribution in [0.2, 0.25) is 0 Å². The van der Waals surface area contributed by atoms with E-state index in [1.807, 2.05) is 13.8 Å². The molecule has 1 rings (SSSR count). The van der Waals surface area contributed by atoms with Gasteiger partial charge in [0.25, 0.3) is 0 Å². The summed E-state index contributed by atoms with van der Waals surface area (Å²) in [5.41, 5.74) is 2.96. The molecule has 1 atom stereocenters. The third kappa shape index (κ3) is 3.18. The van der Waals surface area contributed by atoms with E-state index in [2.05, 4.69) is 19.3 Å². The van der Waals surface area contributed by atoms with Crippen LogP contribution in [-0.4, -0.2) is 35.2 Å². The molecule has 0 aromatic heterocycles. The molecule has 1 aliphatic rings. The molecular formula is C11H22N2O2. The Kier molecular flexibility index (Phi) is 3.73. The maximum Gasteiger partial charge on any atom is 0.238 e. The smallest absolute Gasteiger partial charge is 0.238 e. The van der Waals surface area contributed by atoms with Crippen molar-refractivity contribution in [2.45, 2.75) is 40.2 Å². The van der Waals surface area contributed by atoms with Crippen LogP contribution in [0.4, 0.5) is 0 Å². The van der Waals surface area contributed by atoms with Crippen molar-refractivity contribution in [3.8, 4) is 0 Å². The van der Waals surface area contributed by atoms with Crippen molar-refractivity contribution in [2.24, 2.45) is 11.3 Å². The van der Waals surface area contributed by atoms with Crippen molar-refractivity contribution in [1.82, 2.24) is 10.4 Å². The topological polar surface area (TPSA) is 52.6 Å². The number of hydrogen-bond donors (Lipinski definition) is 2. The number of amides is 1. The van der Waals surface area contributed by atoms with Crippen LogP contribution in [0, 0.1) is 11.3 Å². The highest BCUT2D eigenvalue weighted by atomic mass is 16.3. The molecule has 0 aliphatic carbocycles. The summed E-state index contributed by atoms with van der Waals surface area (Å²) in [7, 11) is 0. The van der Waals surface area contributed by atoms with E-state index in [-0.39, 0.29) is 24.0 Å². The summed E-state index contributed by atoms with van der Waals surface area (Å²) in [6, 6.07) is 0.243. The molecule has 1 aliphatic heterocycles. The van der Waals surface area contributed by atoms with E-state index in [1.54, 1.807) is 5.01 Å². The average molecular weight is 214 g/mol. The summed E-state index contributed by atoms with van der Waals surface area (Å²) in [6.07, 6.45) is 0.569. The Morgan fingerprint density at radius 3 is 2.60 bits per heavy atom. The molecule has 1 fully saturated rings. The summed E-state index contributed by atoms with van der Waals surface area (Å²) >= 11 is 0. The lowest BCUT2D eigenvalue weighted by Gasteiger charge is -2.29. The number of carbonyl (C=O) groups excluding carboxylic acids is 1. The van der Waals surface area contributed by atoms with Gasteiger partial charge in [0.2, 0.25) is 5.91 Å². The molecule has 0 aromatic carbocycles. The van der Waals surface area contributed by atoms with Gasteiger partial charge in [-0.2, -0.15) is 0 Å². The maximum atomic E-state index is 11.7. The summed E-state index contributed by atoms with van der Waals surface area (Å²) < 4.78 is 0. The molecule has 0 bridgehead atoms. The van der Waals surface area contributed by atoms with Gasteiger partial charge in [-0.25, -0.2) is 5.43 Å². The second-order valence-corrected chi connectivity index (χ2v) is 5.49. The zero-order valence-electron chi connectivity index (χ0n) is 10.1. The zero-order valence-corrected chi connectivity index (χ0v) is 10.1. The third-order valence-electron chi connectivity index (χ3n) is 2.84. The normalized spacial score (nSPS) is 22.9. The lowest BCUT2D eigenvalue weighted by molar-refractivity contribution is -0.131. The van der Waals surface area contributed by atoms with E-state index in [4.69, 9.17) is 5.11 Å². The van der Waals surface area contributed by atoms with Crippen LogP contribution in [0.5, 0.6) is 0 Å². The largest absolute Gasteiger partial charge is 0.396 e. The van der Waals surface area contributed by atoms with Crippen molar-refractivity contribution < 1.29 is 9.90 Å². The Bertz CT molecular complexity index is 239. The van der Waals surface area contributed by atoms with E-state index in [9.17, 15) is 4.79 Å². The lowest BCUT2D eigenvalue weighted by atomic mass is 9.95. The molecule has 0 radical (unpaired) electrons. The van der Waals surface area contributed by atoms with Crippen molar-refractivity contribution in [3.63, 3.8) is 0 Å². The Morgan fingerprint density at radius 2 is 2.20 bits per heavy atom. The highest BCUT2D eigenvalue weighted by molar-refractivity contribution is 5.78. The fraction of sp³-hybridized carbons (Fsp3) is 0.909. The van der Waals surface area contributed by atoms with E-state index >= 15 is 0 Å². The van der Waals surface area contributed by atoms with E-state index in [0.29, 0.717) is 18.9 Å². The van der Waals surface area contributed by atoms with Crippen LogP contribution in [0.3, 0.4) is 0 Å². The highest BCUT2D eigenvalue weighted by Crippen LogP contribution is 2.21. The van der Waals surface area contributed by atoms with Gasteiger partial charge in [-0.05, 0) is 5.92 Å². The molecule has 0 saturated carbocycles.